The minimum atomic E-state index is 0.950. The molecular weight excluding hydrogens is 359 g/mol. The highest BCUT2D eigenvalue weighted by Gasteiger charge is 2.11. The molecule has 2 heteroatoms. The Labute approximate surface area is 130 Å². The molecule has 0 N–H and O–H groups in total. The normalized spacial score (nSPS) is 11.2. The lowest BCUT2D eigenvalue weighted by atomic mass is 10.0. The monoisotopic (exact) mass is 370 g/mol. The van der Waals surface area contributed by atoms with Crippen LogP contribution in [0.1, 0.15) is 0 Å². The predicted octanol–water partition coefficient (Wildman–Crippen LogP) is 5.86. The van der Waals surface area contributed by atoms with Gasteiger partial charge in [-0.3, -0.25) is 0 Å². The van der Waals surface area contributed by atoms with Gasteiger partial charge in [0.05, 0.1) is 0 Å². The molecule has 0 bridgehead atoms. The third kappa shape index (κ3) is 1.83. The number of hydrogen-bond donors (Lipinski definition) is 0. The number of halogens is 1. The maximum absolute atomic E-state index is 5.99. The molecule has 0 aliphatic carbocycles. The molecule has 4 rings (SSSR count). The van der Waals surface area contributed by atoms with Crippen LogP contribution in [0.3, 0.4) is 0 Å². The summed E-state index contributed by atoms with van der Waals surface area (Å²) in [7, 11) is 0. The van der Waals surface area contributed by atoms with Gasteiger partial charge in [0.15, 0.2) is 0 Å². The SMILES string of the molecule is Ic1cc(-c2ccccc2)cc2oc3ccccc3c12. The second kappa shape index (κ2) is 4.63. The van der Waals surface area contributed by atoms with E-state index in [2.05, 4.69) is 71.1 Å². The maximum atomic E-state index is 5.99. The zero-order chi connectivity index (χ0) is 13.5. The van der Waals surface area contributed by atoms with Crippen molar-refractivity contribution in [3.05, 3.63) is 70.3 Å². The Hall–Kier alpha value is -1.81. The van der Waals surface area contributed by atoms with Gasteiger partial charge in [0.25, 0.3) is 0 Å². The van der Waals surface area contributed by atoms with Crippen molar-refractivity contribution in [3.63, 3.8) is 0 Å². The number of furan rings is 1. The Bertz CT molecular complexity index is 907. The summed E-state index contributed by atoms with van der Waals surface area (Å²) in [5, 5.41) is 2.40. The number of hydrogen-bond acceptors (Lipinski definition) is 1. The average molecular weight is 370 g/mol. The third-order valence-corrected chi connectivity index (χ3v) is 4.39. The van der Waals surface area contributed by atoms with E-state index in [4.69, 9.17) is 4.42 Å². The van der Waals surface area contributed by atoms with Crippen molar-refractivity contribution >= 4 is 44.5 Å². The second-order valence-corrected chi connectivity index (χ2v) is 5.96. The molecule has 0 aliphatic rings. The standard InChI is InChI=1S/C18H11IO/c19-15-10-13(12-6-2-1-3-7-12)11-17-18(15)14-8-4-5-9-16(14)20-17/h1-11H. The molecule has 0 fully saturated rings. The molecule has 1 heterocycles. The van der Waals surface area contributed by atoms with E-state index in [9.17, 15) is 0 Å². The summed E-state index contributed by atoms with van der Waals surface area (Å²) in [6.45, 7) is 0. The lowest BCUT2D eigenvalue weighted by Crippen LogP contribution is -1.80. The van der Waals surface area contributed by atoms with Gasteiger partial charge >= 0.3 is 0 Å². The molecule has 96 valence electrons. The fourth-order valence-electron chi connectivity index (χ4n) is 2.60. The Kier molecular flexibility index (Phi) is 2.77. The van der Waals surface area contributed by atoms with E-state index in [1.165, 1.54) is 25.5 Å². The quantitative estimate of drug-likeness (QED) is 0.383. The van der Waals surface area contributed by atoms with E-state index in [0.717, 1.165) is 11.2 Å². The molecule has 1 nitrogen and oxygen atoms in total. The van der Waals surface area contributed by atoms with Crippen molar-refractivity contribution in [1.29, 1.82) is 0 Å². The maximum Gasteiger partial charge on any atom is 0.137 e. The van der Waals surface area contributed by atoms with Crippen LogP contribution >= 0.6 is 22.6 Å². The minimum absolute atomic E-state index is 0.950. The molecular formula is C18H11IO. The van der Waals surface area contributed by atoms with Gasteiger partial charge in [0, 0.05) is 14.3 Å². The van der Waals surface area contributed by atoms with Gasteiger partial charge in [-0.25, -0.2) is 0 Å². The molecule has 0 unspecified atom stereocenters. The van der Waals surface area contributed by atoms with Crippen molar-refractivity contribution in [2.24, 2.45) is 0 Å². The van der Waals surface area contributed by atoms with Crippen LogP contribution in [0.15, 0.2) is 71.1 Å². The first kappa shape index (κ1) is 12.0. The molecule has 20 heavy (non-hydrogen) atoms. The summed E-state index contributed by atoms with van der Waals surface area (Å²) in [4.78, 5) is 0. The van der Waals surface area contributed by atoms with Crippen molar-refractivity contribution in [2.75, 3.05) is 0 Å². The average Bonchev–Trinajstić information content (AvgIpc) is 2.87. The summed E-state index contributed by atoms with van der Waals surface area (Å²) < 4.78 is 7.22. The minimum Gasteiger partial charge on any atom is -0.456 e. The summed E-state index contributed by atoms with van der Waals surface area (Å²) in [6.07, 6.45) is 0. The van der Waals surface area contributed by atoms with Crippen LogP contribution in [-0.2, 0) is 0 Å². The highest BCUT2D eigenvalue weighted by Crippen LogP contribution is 2.35. The van der Waals surface area contributed by atoms with E-state index in [1.807, 2.05) is 18.2 Å². The van der Waals surface area contributed by atoms with Crippen LogP contribution in [0.25, 0.3) is 33.1 Å². The van der Waals surface area contributed by atoms with E-state index >= 15 is 0 Å². The summed E-state index contributed by atoms with van der Waals surface area (Å²) in [5.74, 6) is 0. The van der Waals surface area contributed by atoms with Crippen LogP contribution in [0.4, 0.5) is 0 Å². The molecule has 0 radical (unpaired) electrons. The lowest BCUT2D eigenvalue weighted by Gasteiger charge is -2.03. The van der Waals surface area contributed by atoms with Crippen LogP contribution < -0.4 is 0 Å². The van der Waals surface area contributed by atoms with Gasteiger partial charge in [0.1, 0.15) is 11.2 Å². The highest BCUT2D eigenvalue weighted by molar-refractivity contribution is 14.1. The lowest BCUT2D eigenvalue weighted by molar-refractivity contribution is 0.669. The largest absolute Gasteiger partial charge is 0.456 e. The van der Waals surface area contributed by atoms with Gasteiger partial charge in [-0.1, -0.05) is 48.5 Å². The fourth-order valence-corrected chi connectivity index (χ4v) is 3.49. The zero-order valence-electron chi connectivity index (χ0n) is 10.6. The fraction of sp³-hybridized carbons (Fsp3) is 0. The number of para-hydroxylation sites is 1. The van der Waals surface area contributed by atoms with E-state index in [0.29, 0.717) is 0 Å². The molecule has 0 atom stereocenters. The smallest absolute Gasteiger partial charge is 0.137 e. The van der Waals surface area contributed by atoms with Crippen molar-refractivity contribution in [2.45, 2.75) is 0 Å². The summed E-state index contributed by atoms with van der Waals surface area (Å²) >= 11 is 2.40. The van der Waals surface area contributed by atoms with E-state index < -0.39 is 0 Å². The van der Waals surface area contributed by atoms with Gasteiger partial charge in [-0.2, -0.15) is 0 Å². The number of benzene rings is 3. The second-order valence-electron chi connectivity index (χ2n) is 4.80. The van der Waals surface area contributed by atoms with Crippen LogP contribution in [0.5, 0.6) is 0 Å². The molecule has 0 spiro atoms. The van der Waals surface area contributed by atoms with Gasteiger partial charge in [-0.15, -0.1) is 0 Å². The molecule has 4 aromatic rings. The molecule has 0 amide bonds. The van der Waals surface area contributed by atoms with Gasteiger partial charge < -0.3 is 4.42 Å². The third-order valence-electron chi connectivity index (χ3n) is 3.54. The first-order valence-electron chi connectivity index (χ1n) is 6.49. The van der Waals surface area contributed by atoms with Crippen molar-refractivity contribution in [1.82, 2.24) is 0 Å². The number of rotatable bonds is 1. The van der Waals surface area contributed by atoms with Crippen molar-refractivity contribution < 1.29 is 4.42 Å². The van der Waals surface area contributed by atoms with Crippen LogP contribution in [0.2, 0.25) is 0 Å². The van der Waals surface area contributed by atoms with Crippen molar-refractivity contribution in [3.8, 4) is 11.1 Å². The zero-order valence-corrected chi connectivity index (χ0v) is 12.8. The van der Waals surface area contributed by atoms with E-state index in [1.54, 1.807) is 0 Å². The van der Waals surface area contributed by atoms with Gasteiger partial charge in [-0.05, 0) is 51.9 Å². The Morgan fingerprint density at radius 2 is 1.45 bits per heavy atom. The predicted molar refractivity (Wildman–Crippen MR) is 91.9 cm³/mol. The molecule has 0 saturated heterocycles. The molecule has 0 saturated carbocycles. The highest BCUT2D eigenvalue weighted by atomic mass is 127. The van der Waals surface area contributed by atoms with Gasteiger partial charge in [0.2, 0.25) is 0 Å². The van der Waals surface area contributed by atoms with E-state index in [-0.39, 0.29) is 0 Å². The first-order valence-corrected chi connectivity index (χ1v) is 7.57. The topological polar surface area (TPSA) is 13.1 Å². The Morgan fingerprint density at radius 1 is 0.700 bits per heavy atom. The Morgan fingerprint density at radius 3 is 2.30 bits per heavy atom. The van der Waals surface area contributed by atoms with Crippen LogP contribution in [0, 0.1) is 3.57 Å². The number of fused-ring (bicyclic) bond motifs is 3. The first-order chi connectivity index (χ1) is 9.83. The molecule has 3 aromatic carbocycles. The molecule has 0 aliphatic heterocycles. The summed E-state index contributed by atoms with van der Waals surface area (Å²) in [5.41, 5.74) is 4.32. The van der Waals surface area contributed by atoms with Crippen LogP contribution in [-0.4, -0.2) is 0 Å². The molecule has 1 aromatic heterocycles. The Balaban J connectivity index is 2.06. The summed E-state index contributed by atoms with van der Waals surface area (Å²) in [6, 6.07) is 23.0.